The Morgan fingerprint density at radius 1 is 0.950 bits per heavy atom. The molecule has 0 radical (unpaired) electrons. The molecular weight excluding hydrogens is 242 g/mol. The zero-order chi connectivity index (χ0) is 14.5. The van der Waals surface area contributed by atoms with E-state index in [1.807, 2.05) is 0 Å². The van der Waals surface area contributed by atoms with E-state index in [2.05, 4.69) is 81.5 Å². The Bertz CT molecular complexity index is 542. The zero-order valence-corrected chi connectivity index (χ0v) is 13.0. The van der Waals surface area contributed by atoms with E-state index in [-0.39, 0.29) is 0 Å². The summed E-state index contributed by atoms with van der Waals surface area (Å²) in [7, 11) is 0. The number of hydrogen-bond acceptors (Lipinski definition) is 1. The number of aryl methyl sites for hydroxylation is 2. The molecular formula is C19H25N. The maximum absolute atomic E-state index is 3.76. The molecule has 2 atom stereocenters. The van der Waals surface area contributed by atoms with Gasteiger partial charge in [-0.05, 0) is 43.9 Å². The lowest BCUT2D eigenvalue weighted by Crippen LogP contribution is -2.24. The van der Waals surface area contributed by atoms with Crippen LogP contribution < -0.4 is 5.32 Å². The first-order valence-electron chi connectivity index (χ1n) is 7.50. The summed E-state index contributed by atoms with van der Waals surface area (Å²) in [6, 6.07) is 18.2. The van der Waals surface area contributed by atoms with Gasteiger partial charge in [-0.1, -0.05) is 61.0 Å². The van der Waals surface area contributed by atoms with Gasteiger partial charge in [0.2, 0.25) is 0 Å². The number of rotatable bonds is 5. The summed E-state index contributed by atoms with van der Waals surface area (Å²) in [5.41, 5.74) is 5.43. The van der Waals surface area contributed by atoms with Crippen LogP contribution in [0.2, 0.25) is 0 Å². The van der Waals surface area contributed by atoms with Crippen LogP contribution in [0.1, 0.15) is 54.6 Å². The van der Waals surface area contributed by atoms with Crippen LogP contribution >= 0.6 is 0 Å². The molecule has 2 rings (SSSR count). The van der Waals surface area contributed by atoms with Gasteiger partial charge in [0.1, 0.15) is 0 Å². The topological polar surface area (TPSA) is 12.0 Å². The average Bonchev–Trinajstić information content (AvgIpc) is 2.46. The fraction of sp³-hybridized carbons (Fsp3) is 0.368. The highest BCUT2D eigenvalue weighted by Crippen LogP contribution is 2.24. The minimum absolute atomic E-state index is 0.363. The van der Waals surface area contributed by atoms with Crippen LogP contribution in [-0.2, 0) is 0 Å². The van der Waals surface area contributed by atoms with Crippen molar-refractivity contribution in [3.63, 3.8) is 0 Å². The normalized spacial score (nSPS) is 14.0. The molecule has 2 aromatic rings. The third-order valence-electron chi connectivity index (χ3n) is 3.99. The maximum Gasteiger partial charge on any atom is 0.0323 e. The third-order valence-corrected chi connectivity index (χ3v) is 3.99. The van der Waals surface area contributed by atoms with E-state index in [0.29, 0.717) is 12.1 Å². The van der Waals surface area contributed by atoms with Crippen LogP contribution in [0.15, 0.2) is 48.5 Å². The van der Waals surface area contributed by atoms with Crippen molar-refractivity contribution in [3.05, 3.63) is 70.8 Å². The van der Waals surface area contributed by atoms with Crippen LogP contribution in [0.5, 0.6) is 0 Å². The van der Waals surface area contributed by atoms with Crippen molar-refractivity contribution in [2.45, 2.75) is 46.2 Å². The van der Waals surface area contributed by atoms with Crippen molar-refractivity contribution in [1.82, 2.24) is 5.32 Å². The standard InChI is InChI=1S/C19H25N/c1-5-19(17-12-10-14(2)11-13-17)20-16(4)18-9-7-6-8-15(18)3/h6-13,16,19-20H,5H2,1-4H3. The molecule has 0 aliphatic carbocycles. The van der Waals surface area contributed by atoms with Crippen LogP contribution in [0.25, 0.3) is 0 Å². The Kier molecular flexibility index (Phi) is 4.97. The fourth-order valence-corrected chi connectivity index (χ4v) is 2.71. The molecule has 0 spiro atoms. The van der Waals surface area contributed by atoms with Crippen LogP contribution in [0.3, 0.4) is 0 Å². The Morgan fingerprint density at radius 3 is 2.20 bits per heavy atom. The largest absolute Gasteiger partial charge is 0.303 e. The van der Waals surface area contributed by atoms with Gasteiger partial charge in [0, 0.05) is 12.1 Å². The van der Waals surface area contributed by atoms with Crippen molar-refractivity contribution < 1.29 is 0 Å². The second kappa shape index (κ2) is 6.71. The Morgan fingerprint density at radius 2 is 1.60 bits per heavy atom. The van der Waals surface area contributed by atoms with Crippen LogP contribution in [-0.4, -0.2) is 0 Å². The number of benzene rings is 2. The van der Waals surface area contributed by atoms with E-state index in [0.717, 1.165) is 6.42 Å². The highest BCUT2D eigenvalue weighted by Gasteiger charge is 2.14. The molecule has 0 amide bonds. The van der Waals surface area contributed by atoms with Crippen LogP contribution in [0, 0.1) is 13.8 Å². The fourth-order valence-electron chi connectivity index (χ4n) is 2.71. The molecule has 2 aromatic carbocycles. The van der Waals surface area contributed by atoms with E-state index < -0.39 is 0 Å². The monoisotopic (exact) mass is 267 g/mol. The molecule has 0 bridgehead atoms. The molecule has 0 fully saturated rings. The lowest BCUT2D eigenvalue weighted by molar-refractivity contribution is 0.455. The van der Waals surface area contributed by atoms with Crippen molar-refractivity contribution >= 4 is 0 Å². The third kappa shape index (κ3) is 3.49. The molecule has 2 unspecified atom stereocenters. The number of nitrogens with one attached hydrogen (secondary N) is 1. The molecule has 20 heavy (non-hydrogen) atoms. The highest BCUT2D eigenvalue weighted by atomic mass is 14.9. The van der Waals surface area contributed by atoms with Gasteiger partial charge in [-0.2, -0.15) is 0 Å². The molecule has 1 N–H and O–H groups in total. The zero-order valence-electron chi connectivity index (χ0n) is 13.0. The summed E-state index contributed by atoms with van der Waals surface area (Å²) in [4.78, 5) is 0. The Balaban J connectivity index is 2.14. The molecule has 0 saturated heterocycles. The van der Waals surface area contributed by atoms with Gasteiger partial charge in [-0.25, -0.2) is 0 Å². The summed E-state index contributed by atoms with van der Waals surface area (Å²) < 4.78 is 0. The van der Waals surface area contributed by atoms with E-state index in [4.69, 9.17) is 0 Å². The van der Waals surface area contributed by atoms with Crippen molar-refractivity contribution in [2.75, 3.05) is 0 Å². The summed E-state index contributed by atoms with van der Waals surface area (Å²) in [5, 5.41) is 3.76. The van der Waals surface area contributed by atoms with E-state index in [1.165, 1.54) is 22.3 Å². The quantitative estimate of drug-likeness (QED) is 0.794. The lowest BCUT2D eigenvalue weighted by Gasteiger charge is -2.24. The van der Waals surface area contributed by atoms with E-state index in [9.17, 15) is 0 Å². The molecule has 0 aliphatic heterocycles. The Labute approximate surface area is 123 Å². The van der Waals surface area contributed by atoms with Gasteiger partial charge < -0.3 is 5.32 Å². The number of hydrogen-bond donors (Lipinski definition) is 1. The smallest absolute Gasteiger partial charge is 0.0323 e. The van der Waals surface area contributed by atoms with Gasteiger partial charge in [0.25, 0.3) is 0 Å². The molecule has 0 aromatic heterocycles. The van der Waals surface area contributed by atoms with Gasteiger partial charge in [0.15, 0.2) is 0 Å². The first-order valence-corrected chi connectivity index (χ1v) is 7.50. The molecule has 0 aliphatic rings. The van der Waals surface area contributed by atoms with Crippen molar-refractivity contribution in [3.8, 4) is 0 Å². The van der Waals surface area contributed by atoms with Gasteiger partial charge in [-0.3, -0.25) is 0 Å². The van der Waals surface area contributed by atoms with E-state index >= 15 is 0 Å². The lowest BCUT2D eigenvalue weighted by atomic mass is 9.98. The summed E-state index contributed by atoms with van der Waals surface area (Å²) in [5.74, 6) is 0. The predicted octanol–water partition coefficient (Wildman–Crippen LogP) is 5.11. The summed E-state index contributed by atoms with van der Waals surface area (Å²) >= 11 is 0. The molecule has 106 valence electrons. The highest BCUT2D eigenvalue weighted by molar-refractivity contribution is 5.29. The molecule has 1 heteroatoms. The minimum Gasteiger partial charge on any atom is -0.303 e. The average molecular weight is 267 g/mol. The van der Waals surface area contributed by atoms with Crippen molar-refractivity contribution in [2.24, 2.45) is 0 Å². The first-order chi connectivity index (χ1) is 9.61. The Hall–Kier alpha value is -1.60. The van der Waals surface area contributed by atoms with Gasteiger partial charge in [-0.15, -0.1) is 0 Å². The molecule has 1 nitrogen and oxygen atoms in total. The predicted molar refractivity (Wildman–Crippen MR) is 86.9 cm³/mol. The minimum atomic E-state index is 0.363. The van der Waals surface area contributed by atoms with Crippen LogP contribution in [0.4, 0.5) is 0 Å². The van der Waals surface area contributed by atoms with Gasteiger partial charge in [0.05, 0.1) is 0 Å². The SMILES string of the molecule is CCC(NC(C)c1ccccc1C)c1ccc(C)cc1. The maximum atomic E-state index is 3.76. The summed E-state index contributed by atoms with van der Waals surface area (Å²) in [6.07, 6.45) is 1.10. The second-order valence-corrected chi connectivity index (χ2v) is 5.62. The van der Waals surface area contributed by atoms with Crippen molar-refractivity contribution in [1.29, 1.82) is 0 Å². The molecule has 0 saturated carbocycles. The van der Waals surface area contributed by atoms with E-state index in [1.54, 1.807) is 0 Å². The summed E-state index contributed by atoms with van der Waals surface area (Å²) in [6.45, 7) is 8.80. The van der Waals surface area contributed by atoms with Gasteiger partial charge >= 0.3 is 0 Å². The second-order valence-electron chi connectivity index (χ2n) is 5.62. The molecule has 0 heterocycles. The first kappa shape index (κ1) is 14.8.